The molecular formula is C33H30Cl2N2O4. The summed E-state index contributed by atoms with van der Waals surface area (Å²) >= 11 is 13.0. The molecule has 2 unspecified atom stereocenters. The highest BCUT2D eigenvalue weighted by Crippen LogP contribution is 2.48. The second-order valence-corrected chi connectivity index (χ2v) is 10.4. The molecule has 0 saturated heterocycles. The number of hydrogen-bond acceptors (Lipinski definition) is 6. The molecule has 0 fully saturated rings. The minimum Gasteiger partial charge on any atom is -0.497 e. The lowest BCUT2D eigenvalue weighted by Crippen LogP contribution is -2.41. The van der Waals surface area contributed by atoms with E-state index in [1.54, 1.807) is 14.2 Å². The van der Waals surface area contributed by atoms with E-state index in [0.29, 0.717) is 22.0 Å². The number of methoxy groups -OCH3 is 3. The van der Waals surface area contributed by atoms with Crippen molar-refractivity contribution < 1.29 is 19.0 Å². The second-order valence-electron chi connectivity index (χ2n) is 9.58. The number of nitrogens with one attached hydrogen (secondary N) is 1. The summed E-state index contributed by atoms with van der Waals surface area (Å²) < 4.78 is 16.2. The molecule has 0 radical (unpaired) electrons. The van der Waals surface area contributed by atoms with E-state index in [1.807, 2.05) is 91.0 Å². The van der Waals surface area contributed by atoms with Crippen molar-refractivity contribution in [1.29, 1.82) is 0 Å². The summed E-state index contributed by atoms with van der Waals surface area (Å²) in [5.74, 6) is 1.03. The van der Waals surface area contributed by atoms with Crippen molar-refractivity contribution in [2.45, 2.75) is 18.5 Å². The summed E-state index contributed by atoms with van der Waals surface area (Å²) in [4.78, 5) is 15.9. The summed E-state index contributed by atoms with van der Waals surface area (Å²) in [7, 11) is 4.66. The number of anilines is 2. The number of ether oxygens (including phenoxy) is 3. The predicted molar refractivity (Wildman–Crippen MR) is 164 cm³/mol. The second kappa shape index (κ2) is 12.6. The van der Waals surface area contributed by atoms with Crippen LogP contribution in [0.4, 0.5) is 11.4 Å². The van der Waals surface area contributed by atoms with Gasteiger partial charge < -0.3 is 24.4 Å². The summed E-state index contributed by atoms with van der Waals surface area (Å²) in [6.07, 6.45) is 0.472. The van der Waals surface area contributed by atoms with E-state index in [9.17, 15) is 4.79 Å². The molecule has 5 rings (SSSR count). The lowest BCUT2D eigenvalue weighted by molar-refractivity contribution is -0.136. The Morgan fingerprint density at radius 1 is 0.780 bits per heavy atom. The maximum Gasteiger partial charge on any atom is 0.337 e. The molecule has 41 heavy (non-hydrogen) atoms. The number of hydrogen-bond donors (Lipinski definition) is 1. The van der Waals surface area contributed by atoms with E-state index in [-0.39, 0.29) is 6.04 Å². The van der Waals surface area contributed by atoms with Gasteiger partial charge in [0.1, 0.15) is 11.5 Å². The fourth-order valence-corrected chi connectivity index (χ4v) is 5.67. The minimum absolute atomic E-state index is 0.208. The van der Waals surface area contributed by atoms with Crippen LogP contribution in [-0.2, 0) is 9.53 Å². The Labute approximate surface area is 250 Å². The molecule has 8 heteroatoms. The first-order chi connectivity index (χ1) is 19.9. The average Bonchev–Trinajstić information content (AvgIpc) is 3.00. The van der Waals surface area contributed by atoms with Crippen LogP contribution in [0.25, 0.3) is 0 Å². The number of benzene rings is 4. The van der Waals surface area contributed by atoms with Crippen LogP contribution in [0.5, 0.6) is 11.5 Å². The van der Waals surface area contributed by atoms with Gasteiger partial charge in [-0.25, -0.2) is 4.79 Å². The third-order valence-corrected chi connectivity index (χ3v) is 7.64. The zero-order valence-electron chi connectivity index (χ0n) is 22.9. The number of carbonyl (C=O) groups excluding carboxylic acids is 1. The zero-order chi connectivity index (χ0) is 28.9. The molecule has 4 aromatic rings. The number of nitrogens with zero attached hydrogens (tertiary/aromatic N) is 1. The van der Waals surface area contributed by atoms with Crippen LogP contribution < -0.4 is 19.7 Å². The van der Waals surface area contributed by atoms with Crippen molar-refractivity contribution in [3.05, 3.63) is 130 Å². The van der Waals surface area contributed by atoms with Crippen molar-refractivity contribution in [2.24, 2.45) is 0 Å². The lowest BCUT2D eigenvalue weighted by atomic mass is 9.84. The molecule has 4 aromatic carbocycles. The highest BCUT2D eigenvalue weighted by molar-refractivity contribution is 6.31. The van der Waals surface area contributed by atoms with Gasteiger partial charge in [0.05, 0.1) is 39.0 Å². The summed E-state index contributed by atoms with van der Waals surface area (Å²) in [6, 6.07) is 30.0. The molecule has 0 bridgehead atoms. The van der Waals surface area contributed by atoms with E-state index in [2.05, 4.69) is 16.3 Å². The molecule has 1 heterocycles. The van der Waals surface area contributed by atoms with Gasteiger partial charge in [-0.1, -0.05) is 47.5 Å². The van der Waals surface area contributed by atoms with Crippen molar-refractivity contribution in [2.75, 3.05) is 31.5 Å². The smallest absolute Gasteiger partial charge is 0.337 e. The Morgan fingerprint density at radius 2 is 1.34 bits per heavy atom. The maximum absolute atomic E-state index is 13.7. The number of esters is 1. The number of rotatable bonds is 8. The largest absolute Gasteiger partial charge is 0.497 e. The summed E-state index contributed by atoms with van der Waals surface area (Å²) in [5.41, 5.74) is 4.77. The van der Waals surface area contributed by atoms with Gasteiger partial charge in [-0.15, -0.1) is 0 Å². The standard InChI is InChI=1S/C33H30Cl2N2O4/c1-39-27-14-10-25(11-15-27)36-29-20-30(21-6-4-8-23(34)18-21)37(26-12-16-28(40-2)17-13-26)32(31(29)33(38)41-3)22-7-5-9-24(35)19-22/h4-19,30,32,36H,20H2,1-3H3. The van der Waals surface area contributed by atoms with Gasteiger partial charge in [0.2, 0.25) is 0 Å². The van der Waals surface area contributed by atoms with Crippen LogP contribution in [0.3, 0.4) is 0 Å². The fourth-order valence-electron chi connectivity index (χ4n) is 5.28. The molecule has 0 aromatic heterocycles. The Bertz CT molecular complexity index is 1550. The van der Waals surface area contributed by atoms with E-state index in [4.69, 9.17) is 37.4 Å². The number of halogens is 2. The van der Waals surface area contributed by atoms with Crippen molar-refractivity contribution in [3.8, 4) is 11.5 Å². The first-order valence-electron chi connectivity index (χ1n) is 13.1. The van der Waals surface area contributed by atoms with Gasteiger partial charge >= 0.3 is 5.97 Å². The van der Waals surface area contributed by atoms with Gasteiger partial charge in [-0.05, 0) is 83.9 Å². The number of carbonyl (C=O) groups is 1. The Morgan fingerprint density at radius 3 is 1.90 bits per heavy atom. The predicted octanol–water partition coefficient (Wildman–Crippen LogP) is 8.24. The van der Waals surface area contributed by atoms with E-state index in [1.165, 1.54) is 7.11 Å². The van der Waals surface area contributed by atoms with E-state index in [0.717, 1.165) is 39.7 Å². The SMILES string of the molecule is COC(=O)C1=C(Nc2ccc(OC)cc2)CC(c2cccc(Cl)c2)N(c2ccc(OC)cc2)C1c1cccc(Cl)c1. The Hall–Kier alpha value is -4.13. The molecule has 6 nitrogen and oxygen atoms in total. The molecule has 2 atom stereocenters. The van der Waals surface area contributed by atoms with Gasteiger partial charge in [0.25, 0.3) is 0 Å². The highest BCUT2D eigenvalue weighted by atomic mass is 35.5. The highest BCUT2D eigenvalue weighted by Gasteiger charge is 2.41. The minimum atomic E-state index is -0.548. The zero-order valence-corrected chi connectivity index (χ0v) is 24.4. The van der Waals surface area contributed by atoms with Gasteiger partial charge in [-0.2, -0.15) is 0 Å². The lowest BCUT2D eigenvalue weighted by Gasteiger charge is -2.46. The van der Waals surface area contributed by atoms with Crippen molar-refractivity contribution in [3.63, 3.8) is 0 Å². The van der Waals surface area contributed by atoms with Crippen LogP contribution in [0.15, 0.2) is 108 Å². The summed E-state index contributed by atoms with van der Waals surface area (Å²) in [6.45, 7) is 0. The normalized spacial score (nSPS) is 16.8. The molecule has 1 N–H and O–H groups in total. The van der Waals surface area contributed by atoms with Crippen LogP contribution in [-0.4, -0.2) is 27.3 Å². The molecule has 1 aliphatic rings. The molecule has 0 saturated carbocycles. The van der Waals surface area contributed by atoms with Gasteiger partial charge in [0, 0.05) is 33.5 Å². The maximum atomic E-state index is 13.7. The fraction of sp³-hybridized carbons (Fsp3) is 0.182. The molecule has 0 amide bonds. The first-order valence-corrected chi connectivity index (χ1v) is 13.8. The summed E-state index contributed by atoms with van der Waals surface area (Å²) in [5, 5.41) is 4.72. The van der Waals surface area contributed by atoms with E-state index < -0.39 is 12.0 Å². The van der Waals surface area contributed by atoms with Crippen LogP contribution >= 0.6 is 23.2 Å². The van der Waals surface area contributed by atoms with Crippen LogP contribution in [0.2, 0.25) is 10.0 Å². The first kappa shape index (κ1) is 28.4. The Kier molecular flexibility index (Phi) is 8.72. The quantitative estimate of drug-likeness (QED) is 0.209. The van der Waals surface area contributed by atoms with Gasteiger partial charge in [-0.3, -0.25) is 0 Å². The third-order valence-electron chi connectivity index (χ3n) is 7.17. The third kappa shape index (κ3) is 6.14. The van der Waals surface area contributed by atoms with Crippen LogP contribution in [0.1, 0.15) is 29.6 Å². The van der Waals surface area contributed by atoms with E-state index >= 15 is 0 Å². The molecule has 0 aliphatic carbocycles. The Balaban J connectivity index is 1.76. The average molecular weight is 590 g/mol. The molecule has 1 aliphatic heterocycles. The van der Waals surface area contributed by atoms with Gasteiger partial charge in [0.15, 0.2) is 0 Å². The molecular weight excluding hydrogens is 559 g/mol. The van der Waals surface area contributed by atoms with Crippen molar-refractivity contribution >= 4 is 40.5 Å². The molecule has 210 valence electrons. The van der Waals surface area contributed by atoms with Crippen molar-refractivity contribution in [1.82, 2.24) is 0 Å². The van der Waals surface area contributed by atoms with Crippen LogP contribution in [0, 0.1) is 0 Å². The molecule has 0 spiro atoms. The monoisotopic (exact) mass is 588 g/mol. The topological polar surface area (TPSA) is 60.0 Å².